The molecular weight excluding hydrogens is 222 g/mol. The molecule has 0 radical (unpaired) electrons. The van der Waals surface area contributed by atoms with Crippen LogP contribution >= 0.6 is 11.6 Å². The van der Waals surface area contributed by atoms with E-state index in [1.807, 2.05) is 0 Å². The Morgan fingerprint density at radius 3 is 2.69 bits per heavy atom. The van der Waals surface area contributed by atoms with Crippen molar-refractivity contribution in [3.8, 4) is 0 Å². The number of hydrogen-bond donors (Lipinski definition) is 0. The van der Waals surface area contributed by atoms with E-state index in [2.05, 4.69) is 21.8 Å². The average molecular weight is 240 g/mol. The summed E-state index contributed by atoms with van der Waals surface area (Å²) in [7, 11) is 0. The van der Waals surface area contributed by atoms with Crippen molar-refractivity contribution in [3.05, 3.63) is 17.0 Å². The lowest BCUT2D eigenvalue weighted by molar-refractivity contribution is 0.572. The second-order valence-corrected chi connectivity index (χ2v) is 4.63. The summed E-state index contributed by atoms with van der Waals surface area (Å²) in [6, 6.07) is 0. The van der Waals surface area contributed by atoms with E-state index in [9.17, 15) is 0 Å². The van der Waals surface area contributed by atoms with Gasteiger partial charge < -0.3 is 4.90 Å². The smallest absolute Gasteiger partial charge is 0.151 e. The minimum absolute atomic E-state index is 0.756. The fourth-order valence-electron chi connectivity index (χ4n) is 2.13. The monoisotopic (exact) mass is 239 g/mol. The van der Waals surface area contributed by atoms with Crippen molar-refractivity contribution in [2.45, 2.75) is 39.0 Å². The third kappa shape index (κ3) is 2.46. The zero-order chi connectivity index (χ0) is 11.4. The third-order valence-corrected chi connectivity index (χ3v) is 3.37. The summed E-state index contributed by atoms with van der Waals surface area (Å²) in [4.78, 5) is 10.9. The van der Waals surface area contributed by atoms with Crippen LogP contribution in [0.4, 0.5) is 5.82 Å². The van der Waals surface area contributed by atoms with Gasteiger partial charge in [-0.15, -0.1) is 0 Å². The molecule has 1 fully saturated rings. The van der Waals surface area contributed by atoms with E-state index in [1.165, 1.54) is 19.3 Å². The number of aromatic nitrogens is 2. The summed E-state index contributed by atoms with van der Waals surface area (Å²) < 4.78 is 0. The summed E-state index contributed by atoms with van der Waals surface area (Å²) in [5.74, 6) is 0.930. The Morgan fingerprint density at radius 1 is 1.25 bits per heavy atom. The molecular formula is C12H18ClN3. The Kier molecular flexibility index (Phi) is 3.99. The Bertz CT molecular complexity index is 348. The molecule has 1 aromatic rings. The number of halogens is 1. The van der Waals surface area contributed by atoms with E-state index in [0.29, 0.717) is 0 Å². The van der Waals surface area contributed by atoms with Crippen molar-refractivity contribution in [1.82, 2.24) is 9.97 Å². The Morgan fingerprint density at radius 2 is 2.00 bits per heavy atom. The van der Waals surface area contributed by atoms with Gasteiger partial charge in [-0.1, -0.05) is 24.9 Å². The molecule has 0 bridgehead atoms. The van der Waals surface area contributed by atoms with Crippen LogP contribution in [-0.4, -0.2) is 23.1 Å². The Hall–Kier alpha value is -0.830. The molecule has 4 heteroatoms. The van der Waals surface area contributed by atoms with Crippen LogP contribution < -0.4 is 4.90 Å². The minimum atomic E-state index is 0.756. The second kappa shape index (κ2) is 5.48. The van der Waals surface area contributed by atoms with Crippen LogP contribution in [0.25, 0.3) is 0 Å². The summed E-state index contributed by atoms with van der Waals surface area (Å²) in [5.41, 5.74) is 0.986. The molecule has 3 nitrogen and oxygen atoms in total. The lowest BCUT2D eigenvalue weighted by Crippen LogP contribution is -2.30. The zero-order valence-corrected chi connectivity index (χ0v) is 10.5. The topological polar surface area (TPSA) is 29.0 Å². The molecule has 0 amide bonds. The van der Waals surface area contributed by atoms with E-state index in [4.69, 9.17) is 11.6 Å². The second-order valence-electron chi connectivity index (χ2n) is 4.26. The highest BCUT2D eigenvalue weighted by molar-refractivity contribution is 6.33. The number of anilines is 1. The number of piperidine rings is 1. The van der Waals surface area contributed by atoms with Gasteiger partial charge in [-0.05, 0) is 25.7 Å². The van der Waals surface area contributed by atoms with Crippen LogP contribution in [-0.2, 0) is 6.42 Å². The van der Waals surface area contributed by atoms with Crippen LogP contribution in [0.5, 0.6) is 0 Å². The van der Waals surface area contributed by atoms with Crippen molar-refractivity contribution < 1.29 is 0 Å². The molecule has 2 rings (SSSR count). The van der Waals surface area contributed by atoms with Gasteiger partial charge in [0, 0.05) is 13.1 Å². The van der Waals surface area contributed by atoms with E-state index < -0.39 is 0 Å². The predicted molar refractivity (Wildman–Crippen MR) is 67.1 cm³/mol. The highest BCUT2D eigenvalue weighted by Crippen LogP contribution is 2.28. The molecule has 1 aromatic heterocycles. The quantitative estimate of drug-likeness (QED) is 0.812. The maximum Gasteiger partial charge on any atom is 0.151 e. The van der Waals surface area contributed by atoms with Gasteiger partial charge in [-0.25, -0.2) is 9.97 Å². The minimum Gasteiger partial charge on any atom is -0.355 e. The zero-order valence-electron chi connectivity index (χ0n) is 9.75. The van der Waals surface area contributed by atoms with E-state index in [1.54, 1.807) is 6.33 Å². The summed E-state index contributed by atoms with van der Waals surface area (Å²) in [6.45, 7) is 4.28. The normalized spacial score (nSPS) is 16.5. The Labute approximate surface area is 102 Å². The maximum atomic E-state index is 6.35. The number of aryl methyl sites for hydroxylation is 1. The first kappa shape index (κ1) is 11.6. The molecule has 0 unspecified atom stereocenters. The fourth-order valence-corrected chi connectivity index (χ4v) is 2.44. The molecule has 1 aliphatic rings. The summed E-state index contributed by atoms with van der Waals surface area (Å²) >= 11 is 6.35. The van der Waals surface area contributed by atoms with Gasteiger partial charge in [0.25, 0.3) is 0 Å². The highest BCUT2D eigenvalue weighted by atomic mass is 35.5. The standard InChI is InChI=1S/C12H18ClN3/c1-2-6-10-11(13)12(15-9-14-10)16-7-4-3-5-8-16/h9H,2-8H2,1H3. The van der Waals surface area contributed by atoms with E-state index in [0.717, 1.165) is 42.5 Å². The number of rotatable bonds is 3. The first-order valence-electron chi connectivity index (χ1n) is 6.07. The van der Waals surface area contributed by atoms with Crippen molar-refractivity contribution in [2.24, 2.45) is 0 Å². The van der Waals surface area contributed by atoms with Crippen LogP contribution in [0.2, 0.25) is 5.02 Å². The SMILES string of the molecule is CCCc1ncnc(N2CCCCC2)c1Cl. The van der Waals surface area contributed by atoms with Gasteiger partial charge in [-0.2, -0.15) is 0 Å². The van der Waals surface area contributed by atoms with Crippen molar-refractivity contribution in [1.29, 1.82) is 0 Å². The Balaban J connectivity index is 2.22. The average Bonchev–Trinajstić information content (AvgIpc) is 2.33. The van der Waals surface area contributed by atoms with Gasteiger partial charge in [-0.3, -0.25) is 0 Å². The lowest BCUT2D eigenvalue weighted by atomic mass is 10.1. The molecule has 0 aliphatic carbocycles. The molecule has 0 aromatic carbocycles. The molecule has 1 saturated heterocycles. The fraction of sp³-hybridized carbons (Fsp3) is 0.667. The third-order valence-electron chi connectivity index (χ3n) is 2.99. The molecule has 1 aliphatic heterocycles. The summed E-state index contributed by atoms with van der Waals surface area (Å²) in [5, 5.41) is 0.756. The van der Waals surface area contributed by atoms with Crippen molar-refractivity contribution >= 4 is 17.4 Å². The lowest BCUT2D eigenvalue weighted by Gasteiger charge is -2.28. The van der Waals surface area contributed by atoms with Crippen LogP contribution in [0.3, 0.4) is 0 Å². The van der Waals surface area contributed by atoms with Gasteiger partial charge in [0.15, 0.2) is 5.82 Å². The van der Waals surface area contributed by atoms with Gasteiger partial charge >= 0.3 is 0 Å². The number of hydrogen-bond acceptors (Lipinski definition) is 3. The van der Waals surface area contributed by atoms with Gasteiger partial charge in [0.05, 0.1) is 5.69 Å². The molecule has 0 saturated carbocycles. The first-order chi connectivity index (χ1) is 7.83. The molecule has 0 atom stereocenters. The molecule has 0 N–H and O–H groups in total. The van der Waals surface area contributed by atoms with Crippen LogP contribution in [0.15, 0.2) is 6.33 Å². The van der Waals surface area contributed by atoms with Crippen LogP contribution in [0, 0.1) is 0 Å². The van der Waals surface area contributed by atoms with Gasteiger partial charge in [0.2, 0.25) is 0 Å². The number of nitrogens with zero attached hydrogens (tertiary/aromatic N) is 3. The largest absolute Gasteiger partial charge is 0.355 e. The maximum absolute atomic E-state index is 6.35. The molecule has 88 valence electrons. The summed E-state index contributed by atoms with van der Waals surface area (Å²) in [6.07, 6.45) is 7.44. The molecule has 0 spiro atoms. The first-order valence-corrected chi connectivity index (χ1v) is 6.45. The van der Waals surface area contributed by atoms with E-state index in [-0.39, 0.29) is 0 Å². The van der Waals surface area contributed by atoms with Gasteiger partial charge in [0.1, 0.15) is 11.3 Å². The highest BCUT2D eigenvalue weighted by Gasteiger charge is 2.17. The van der Waals surface area contributed by atoms with Crippen molar-refractivity contribution in [2.75, 3.05) is 18.0 Å². The van der Waals surface area contributed by atoms with E-state index >= 15 is 0 Å². The van der Waals surface area contributed by atoms with Crippen molar-refractivity contribution in [3.63, 3.8) is 0 Å². The predicted octanol–water partition coefficient (Wildman–Crippen LogP) is 3.07. The molecule has 2 heterocycles. The molecule has 16 heavy (non-hydrogen) atoms. The van der Waals surface area contributed by atoms with Crippen LogP contribution in [0.1, 0.15) is 38.3 Å².